The van der Waals surface area contributed by atoms with Crippen molar-refractivity contribution in [1.82, 2.24) is 10.2 Å². The van der Waals surface area contributed by atoms with Crippen molar-refractivity contribution in [2.75, 3.05) is 17.4 Å². The lowest BCUT2D eigenvalue weighted by molar-refractivity contribution is -0.140. The zero-order valence-electron chi connectivity index (χ0n) is 22.3. The van der Waals surface area contributed by atoms with Gasteiger partial charge in [0.2, 0.25) is 11.8 Å². The van der Waals surface area contributed by atoms with Crippen molar-refractivity contribution in [3.05, 3.63) is 94.2 Å². The third kappa shape index (κ3) is 7.96. The molecule has 3 aromatic rings. The molecule has 0 aromatic heterocycles. The summed E-state index contributed by atoms with van der Waals surface area (Å²) in [5, 5.41) is 3.49. The summed E-state index contributed by atoms with van der Waals surface area (Å²) in [6.07, 6.45) is 1.94. The van der Waals surface area contributed by atoms with Crippen LogP contribution in [0.3, 0.4) is 0 Å². The molecule has 11 heteroatoms. The van der Waals surface area contributed by atoms with Gasteiger partial charge in [0.05, 0.1) is 20.6 Å². The second-order valence-electron chi connectivity index (χ2n) is 9.14. The number of rotatable bonds is 13. The van der Waals surface area contributed by atoms with Gasteiger partial charge in [-0.15, -0.1) is 0 Å². The van der Waals surface area contributed by atoms with E-state index in [-0.39, 0.29) is 34.5 Å². The quantitative estimate of drug-likeness (QED) is 0.240. The fourth-order valence-electron chi connectivity index (χ4n) is 4.12. The van der Waals surface area contributed by atoms with Gasteiger partial charge in [-0.2, -0.15) is 0 Å². The van der Waals surface area contributed by atoms with Crippen LogP contribution in [0.25, 0.3) is 0 Å². The zero-order valence-corrected chi connectivity index (χ0v) is 24.6. The third-order valence-corrected chi connectivity index (χ3v) is 8.80. The van der Waals surface area contributed by atoms with Crippen LogP contribution in [0.1, 0.15) is 38.7 Å². The van der Waals surface area contributed by atoms with Crippen LogP contribution in [0.2, 0.25) is 10.0 Å². The van der Waals surface area contributed by atoms with Crippen LogP contribution < -0.4 is 9.62 Å². The summed E-state index contributed by atoms with van der Waals surface area (Å²) in [5.74, 6) is -1.51. The van der Waals surface area contributed by atoms with Gasteiger partial charge in [-0.1, -0.05) is 67.7 Å². The molecular weight excluding hydrogens is 576 g/mol. The van der Waals surface area contributed by atoms with E-state index in [9.17, 15) is 22.4 Å². The van der Waals surface area contributed by atoms with Crippen LogP contribution in [-0.2, 0) is 26.2 Å². The lowest BCUT2D eigenvalue weighted by Gasteiger charge is -2.33. The number of unbranched alkanes of at least 4 members (excludes halogenated alkanes) is 1. The molecule has 0 heterocycles. The molecule has 0 bridgehead atoms. The Bertz CT molecular complexity index is 1410. The largest absolute Gasteiger partial charge is 0.354 e. The number of amides is 2. The fourth-order valence-corrected chi connectivity index (χ4v) is 5.87. The number of carbonyl (C=O) groups excluding carboxylic acids is 2. The van der Waals surface area contributed by atoms with Crippen molar-refractivity contribution >= 4 is 50.7 Å². The summed E-state index contributed by atoms with van der Waals surface area (Å²) in [5.41, 5.74) is 0.718. The Morgan fingerprint density at radius 3 is 2.23 bits per heavy atom. The maximum Gasteiger partial charge on any atom is 0.264 e. The van der Waals surface area contributed by atoms with Gasteiger partial charge in [0.1, 0.15) is 18.4 Å². The Kier molecular flexibility index (Phi) is 11.4. The SMILES string of the molecule is CCCCNC(=O)C(CC)N(Cc1ccc(Cl)c(Cl)c1)C(=O)CN(c1ccc(F)cc1)S(=O)(=O)c1ccccc1. The van der Waals surface area contributed by atoms with Crippen LogP contribution in [0.4, 0.5) is 10.1 Å². The highest BCUT2D eigenvalue weighted by Gasteiger charge is 2.33. The molecule has 0 saturated carbocycles. The smallest absolute Gasteiger partial charge is 0.264 e. The number of benzene rings is 3. The van der Waals surface area contributed by atoms with Gasteiger partial charge in [-0.3, -0.25) is 13.9 Å². The van der Waals surface area contributed by atoms with Crippen LogP contribution in [0.5, 0.6) is 0 Å². The first kappa shape index (κ1) is 31.4. The standard InChI is InChI=1S/C29H32Cl2FN3O4S/c1-3-5-17-33-29(37)27(4-2)34(19-21-11-16-25(30)26(31)18-21)28(36)20-35(23-14-12-22(32)13-15-23)40(38,39)24-9-7-6-8-10-24/h6-16,18,27H,3-5,17,19-20H2,1-2H3,(H,33,37). The van der Waals surface area contributed by atoms with E-state index in [1.54, 1.807) is 43.3 Å². The Labute approximate surface area is 244 Å². The molecule has 1 N–H and O–H groups in total. The molecule has 0 spiro atoms. The second kappa shape index (κ2) is 14.5. The maximum absolute atomic E-state index is 14.0. The van der Waals surface area contributed by atoms with E-state index in [4.69, 9.17) is 23.2 Å². The number of hydrogen-bond donors (Lipinski definition) is 1. The minimum Gasteiger partial charge on any atom is -0.354 e. The number of nitrogens with zero attached hydrogens (tertiary/aromatic N) is 2. The monoisotopic (exact) mass is 607 g/mol. The highest BCUT2D eigenvalue weighted by molar-refractivity contribution is 7.92. The Morgan fingerprint density at radius 2 is 1.62 bits per heavy atom. The number of hydrogen-bond acceptors (Lipinski definition) is 4. The highest BCUT2D eigenvalue weighted by Crippen LogP contribution is 2.27. The van der Waals surface area contributed by atoms with Gasteiger partial charge in [0.15, 0.2) is 0 Å². The normalized spacial score (nSPS) is 12.0. The first-order valence-corrected chi connectivity index (χ1v) is 15.1. The van der Waals surface area contributed by atoms with Crippen molar-refractivity contribution in [2.45, 2.75) is 50.6 Å². The summed E-state index contributed by atoms with van der Waals surface area (Å²) in [6.45, 7) is 3.59. The van der Waals surface area contributed by atoms with Crippen molar-refractivity contribution in [1.29, 1.82) is 0 Å². The van der Waals surface area contributed by atoms with Crippen molar-refractivity contribution in [3.63, 3.8) is 0 Å². The predicted octanol–water partition coefficient (Wildman–Crippen LogP) is 6.05. The van der Waals surface area contributed by atoms with E-state index in [0.717, 1.165) is 29.3 Å². The van der Waals surface area contributed by atoms with Crippen LogP contribution in [0.15, 0.2) is 77.7 Å². The van der Waals surface area contributed by atoms with Crippen molar-refractivity contribution in [2.24, 2.45) is 0 Å². The molecule has 1 unspecified atom stereocenters. The van der Waals surface area contributed by atoms with E-state index < -0.39 is 34.3 Å². The summed E-state index contributed by atoms with van der Waals surface area (Å²) in [6, 6.07) is 16.5. The molecule has 3 rings (SSSR count). The van der Waals surface area contributed by atoms with Crippen LogP contribution >= 0.6 is 23.2 Å². The van der Waals surface area contributed by atoms with Gasteiger partial charge >= 0.3 is 0 Å². The predicted molar refractivity (Wildman–Crippen MR) is 156 cm³/mol. The third-order valence-electron chi connectivity index (χ3n) is 6.28. The number of carbonyl (C=O) groups is 2. The maximum atomic E-state index is 14.0. The molecule has 40 heavy (non-hydrogen) atoms. The molecule has 2 amide bonds. The van der Waals surface area contributed by atoms with E-state index in [2.05, 4.69) is 5.32 Å². The van der Waals surface area contributed by atoms with Crippen molar-refractivity contribution in [3.8, 4) is 0 Å². The molecule has 3 aromatic carbocycles. The lowest BCUT2D eigenvalue weighted by Crippen LogP contribution is -2.52. The lowest BCUT2D eigenvalue weighted by atomic mass is 10.1. The molecule has 0 aliphatic carbocycles. The Balaban J connectivity index is 2.03. The zero-order chi connectivity index (χ0) is 29.3. The molecular formula is C29H32Cl2FN3O4S. The number of sulfonamides is 1. The van der Waals surface area contributed by atoms with E-state index in [1.165, 1.54) is 29.2 Å². The molecule has 214 valence electrons. The molecule has 7 nitrogen and oxygen atoms in total. The summed E-state index contributed by atoms with van der Waals surface area (Å²) >= 11 is 12.3. The van der Waals surface area contributed by atoms with E-state index in [1.807, 2.05) is 6.92 Å². The van der Waals surface area contributed by atoms with Crippen molar-refractivity contribution < 1.29 is 22.4 Å². The highest BCUT2D eigenvalue weighted by atomic mass is 35.5. The molecule has 0 aliphatic heterocycles. The topological polar surface area (TPSA) is 86.8 Å². The second-order valence-corrected chi connectivity index (χ2v) is 11.8. The van der Waals surface area contributed by atoms with Gasteiger partial charge in [0, 0.05) is 13.1 Å². The molecule has 0 fully saturated rings. The van der Waals surface area contributed by atoms with Gasteiger partial charge in [-0.25, -0.2) is 12.8 Å². The molecule has 0 aliphatic rings. The van der Waals surface area contributed by atoms with Crippen LogP contribution in [-0.4, -0.2) is 44.3 Å². The average Bonchev–Trinajstić information content (AvgIpc) is 2.94. The minimum absolute atomic E-state index is 0.0158. The Hall–Kier alpha value is -3.14. The van der Waals surface area contributed by atoms with Gasteiger partial charge < -0.3 is 10.2 Å². The number of nitrogens with one attached hydrogen (secondary N) is 1. The average molecular weight is 609 g/mol. The van der Waals surface area contributed by atoms with Gasteiger partial charge in [0.25, 0.3) is 10.0 Å². The summed E-state index contributed by atoms with van der Waals surface area (Å²) in [4.78, 5) is 28.5. The van der Waals surface area contributed by atoms with E-state index >= 15 is 0 Å². The van der Waals surface area contributed by atoms with Gasteiger partial charge in [-0.05, 0) is 66.9 Å². The van der Waals surface area contributed by atoms with E-state index in [0.29, 0.717) is 17.1 Å². The summed E-state index contributed by atoms with van der Waals surface area (Å²) < 4.78 is 42.1. The fraction of sp³-hybridized carbons (Fsp3) is 0.310. The Morgan fingerprint density at radius 1 is 0.950 bits per heavy atom. The minimum atomic E-state index is -4.23. The molecule has 1 atom stereocenters. The summed E-state index contributed by atoms with van der Waals surface area (Å²) in [7, 11) is -4.23. The first-order valence-electron chi connectivity index (χ1n) is 12.9. The number of halogens is 3. The molecule has 0 saturated heterocycles. The van der Waals surface area contributed by atoms with Crippen LogP contribution in [0, 0.1) is 5.82 Å². The first-order chi connectivity index (χ1) is 19.1. The number of anilines is 1. The molecule has 0 radical (unpaired) electrons.